The van der Waals surface area contributed by atoms with Gasteiger partial charge >= 0.3 is 0 Å². The van der Waals surface area contributed by atoms with Crippen LogP contribution in [0.15, 0.2) is 12.1 Å². The Morgan fingerprint density at radius 3 is 2.68 bits per heavy atom. The molecule has 1 aliphatic heterocycles. The molecule has 176 valence electrons. The first-order chi connectivity index (χ1) is 16.2. The molecule has 0 bridgehead atoms. The number of anilines is 1. The second-order valence-electron chi connectivity index (χ2n) is 8.68. The summed E-state index contributed by atoms with van der Waals surface area (Å²) in [4.78, 5) is 39.3. The Kier molecular flexibility index (Phi) is 5.23. The van der Waals surface area contributed by atoms with E-state index in [1.807, 2.05) is 0 Å². The third-order valence-corrected chi connectivity index (χ3v) is 6.95. The number of hydrogen-bond donors (Lipinski definition) is 3. The van der Waals surface area contributed by atoms with Gasteiger partial charge in [-0.05, 0) is 67.2 Å². The first kappa shape index (κ1) is 22.2. The molecule has 0 spiro atoms. The number of nitrogens with zero attached hydrogens (tertiary/aromatic N) is 4. The number of aromatic amines is 1. The zero-order chi connectivity index (χ0) is 24.2. The van der Waals surface area contributed by atoms with Crippen molar-refractivity contribution < 1.29 is 18.8 Å². The Morgan fingerprint density at radius 1 is 1.24 bits per heavy atom. The second kappa shape index (κ2) is 8.01. The van der Waals surface area contributed by atoms with E-state index in [0.29, 0.717) is 48.5 Å². The number of halogens is 2. The summed E-state index contributed by atoms with van der Waals surface area (Å²) in [5.74, 6) is -2.43. The fourth-order valence-corrected chi connectivity index (χ4v) is 4.70. The number of H-pyrrole nitrogens is 1. The number of rotatable bonds is 6. The van der Waals surface area contributed by atoms with E-state index in [9.17, 15) is 18.8 Å². The molecule has 2 aliphatic rings. The molecule has 1 aromatic carbocycles. The SMILES string of the molecule is Cc1ccc(NC(=O)c2c(C)c(C(=O)C(=O)NC3(c4nnn[nH]4)CC3)c3n2CCC3)c(F)c1Cl. The van der Waals surface area contributed by atoms with Crippen LogP contribution in [0.5, 0.6) is 0 Å². The van der Waals surface area contributed by atoms with E-state index in [2.05, 4.69) is 31.3 Å². The van der Waals surface area contributed by atoms with Crippen LogP contribution in [0.3, 0.4) is 0 Å². The molecule has 1 aliphatic carbocycles. The number of benzene rings is 1. The average molecular weight is 486 g/mol. The van der Waals surface area contributed by atoms with Gasteiger partial charge in [0, 0.05) is 12.2 Å². The predicted molar refractivity (Wildman–Crippen MR) is 119 cm³/mol. The molecule has 0 unspecified atom stereocenters. The minimum atomic E-state index is -0.791. The Labute approximate surface area is 198 Å². The summed E-state index contributed by atoms with van der Waals surface area (Å²) in [6, 6.07) is 3.04. The van der Waals surface area contributed by atoms with Gasteiger partial charge in [-0.2, -0.15) is 0 Å². The quantitative estimate of drug-likeness (QED) is 0.363. The minimum Gasteiger partial charge on any atom is -0.340 e. The third-order valence-electron chi connectivity index (χ3n) is 6.48. The number of ketones is 1. The van der Waals surface area contributed by atoms with E-state index >= 15 is 0 Å². The molecular formula is C22H21ClFN7O3. The van der Waals surface area contributed by atoms with Crippen molar-refractivity contribution in [2.45, 2.75) is 51.6 Å². The summed E-state index contributed by atoms with van der Waals surface area (Å²) in [5, 5.41) is 18.8. The molecule has 1 fully saturated rings. The first-order valence-corrected chi connectivity index (χ1v) is 11.2. The Bertz CT molecular complexity index is 1350. The van der Waals surface area contributed by atoms with E-state index in [0.717, 1.165) is 6.42 Å². The highest BCUT2D eigenvalue weighted by molar-refractivity contribution is 6.44. The largest absolute Gasteiger partial charge is 0.340 e. The summed E-state index contributed by atoms with van der Waals surface area (Å²) in [7, 11) is 0. The molecule has 0 saturated heterocycles. The number of nitrogens with one attached hydrogen (secondary N) is 3. The summed E-state index contributed by atoms with van der Waals surface area (Å²) < 4.78 is 16.3. The van der Waals surface area contributed by atoms with Crippen molar-refractivity contribution in [3.8, 4) is 0 Å². The summed E-state index contributed by atoms with van der Waals surface area (Å²) >= 11 is 5.98. The number of fused-ring (bicyclic) bond motifs is 1. The fraction of sp³-hybridized carbons (Fsp3) is 0.364. The van der Waals surface area contributed by atoms with Gasteiger partial charge in [0.25, 0.3) is 17.6 Å². The number of carbonyl (C=O) groups is 3. The summed E-state index contributed by atoms with van der Waals surface area (Å²) in [6.45, 7) is 3.79. The van der Waals surface area contributed by atoms with Crippen molar-refractivity contribution in [2.24, 2.45) is 0 Å². The Balaban J connectivity index is 1.44. The van der Waals surface area contributed by atoms with Gasteiger partial charge in [0.15, 0.2) is 11.6 Å². The Hall–Kier alpha value is -3.60. The molecule has 5 rings (SSSR count). The molecule has 0 atom stereocenters. The fourth-order valence-electron chi connectivity index (χ4n) is 4.53. The molecule has 0 radical (unpaired) electrons. The lowest BCUT2D eigenvalue weighted by molar-refractivity contribution is -0.118. The van der Waals surface area contributed by atoms with E-state index in [1.165, 1.54) is 6.07 Å². The van der Waals surface area contributed by atoms with Crippen molar-refractivity contribution in [3.63, 3.8) is 0 Å². The molecule has 3 N–H and O–H groups in total. The zero-order valence-corrected chi connectivity index (χ0v) is 19.2. The van der Waals surface area contributed by atoms with Crippen LogP contribution in [0.1, 0.15) is 62.8 Å². The molecule has 10 nitrogen and oxygen atoms in total. The molecule has 2 amide bonds. The van der Waals surface area contributed by atoms with Crippen LogP contribution in [0.2, 0.25) is 5.02 Å². The highest BCUT2D eigenvalue weighted by Crippen LogP contribution is 2.43. The van der Waals surface area contributed by atoms with Gasteiger partial charge in [0.2, 0.25) is 0 Å². The predicted octanol–water partition coefficient (Wildman–Crippen LogP) is 2.60. The highest BCUT2D eigenvalue weighted by Gasteiger charge is 2.50. The average Bonchev–Trinajstić information content (AvgIpc) is 3.16. The summed E-state index contributed by atoms with van der Waals surface area (Å²) in [6.07, 6.45) is 2.47. The van der Waals surface area contributed by atoms with Crippen LogP contribution in [-0.2, 0) is 23.3 Å². The van der Waals surface area contributed by atoms with Crippen LogP contribution < -0.4 is 10.6 Å². The zero-order valence-electron chi connectivity index (χ0n) is 18.5. The third kappa shape index (κ3) is 3.47. The van der Waals surface area contributed by atoms with Gasteiger partial charge in [-0.25, -0.2) is 9.49 Å². The maximum Gasteiger partial charge on any atom is 0.293 e. The molecule has 3 aromatic rings. The van der Waals surface area contributed by atoms with E-state index < -0.39 is 29.0 Å². The maximum absolute atomic E-state index is 14.6. The van der Waals surface area contributed by atoms with Crippen LogP contribution in [0.4, 0.5) is 10.1 Å². The topological polar surface area (TPSA) is 135 Å². The number of aryl methyl sites for hydroxylation is 1. The molecule has 3 heterocycles. The van der Waals surface area contributed by atoms with E-state index in [-0.39, 0.29) is 22.0 Å². The number of Topliss-reactive ketones (excluding diaryl/α,β-unsaturated/α-hetero) is 1. The van der Waals surface area contributed by atoms with E-state index in [1.54, 1.807) is 24.5 Å². The minimum absolute atomic E-state index is 0.0597. The molecule has 2 aromatic heterocycles. The van der Waals surface area contributed by atoms with Gasteiger partial charge in [-0.1, -0.05) is 17.7 Å². The molecular weight excluding hydrogens is 465 g/mol. The standard InChI is InChI=1S/C22H21ClFN7O3/c1-10-5-6-12(16(24)15(10)23)25-19(33)17-11(2)14(13-4-3-9-31(13)17)18(32)20(34)26-22(7-8-22)21-27-29-30-28-21/h5-6H,3-4,7-9H2,1-2H3,(H,25,33)(H,26,34)(H,27,28,29,30). The van der Waals surface area contributed by atoms with Gasteiger partial charge in [0.05, 0.1) is 16.3 Å². The van der Waals surface area contributed by atoms with Crippen LogP contribution in [0.25, 0.3) is 0 Å². The highest BCUT2D eigenvalue weighted by atomic mass is 35.5. The number of carbonyl (C=O) groups excluding carboxylic acids is 3. The Morgan fingerprint density at radius 2 is 2.00 bits per heavy atom. The lowest BCUT2D eigenvalue weighted by atomic mass is 10.0. The normalized spacial score (nSPS) is 15.6. The van der Waals surface area contributed by atoms with Crippen molar-refractivity contribution in [3.05, 3.63) is 56.9 Å². The van der Waals surface area contributed by atoms with Crippen molar-refractivity contribution in [1.82, 2.24) is 30.5 Å². The van der Waals surface area contributed by atoms with Gasteiger partial charge in [-0.3, -0.25) is 14.4 Å². The summed E-state index contributed by atoms with van der Waals surface area (Å²) in [5.41, 5.74) is 1.12. The first-order valence-electron chi connectivity index (χ1n) is 10.8. The lowest BCUT2D eigenvalue weighted by Crippen LogP contribution is -2.40. The monoisotopic (exact) mass is 485 g/mol. The number of tetrazole rings is 1. The van der Waals surface area contributed by atoms with E-state index in [4.69, 9.17) is 11.6 Å². The lowest BCUT2D eigenvalue weighted by Gasteiger charge is -2.13. The van der Waals surface area contributed by atoms with Crippen LogP contribution in [-0.4, -0.2) is 42.8 Å². The van der Waals surface area contributed by atoms with Crippen LogP contribution in [0, 0.1) is 19.7 Å². The van der Waals surface area contributed by atoms with Crippen molar-refractivity contribution >= 4 is 34.9 Å². The molecule has 12 heteroatoms. The van der Waals surface area contributed by atoms with Crippen molar-refractivity contribution in [2.75, 3.05) is 5.32 Å². The number of hydrogen-bond acceptors (Lipinski definition) is 6. The number of amides is 2. The van der Waals surface area contributed by atoms with Crippen molar-refractivity contribution in [1.29, 1.82) is 0 Å². The van der Waals surface area contributed by atoms with Crippen LogP contribution >= 0.6 is 11.6 Å². The van der Waals surface area contributed by atoms with Gasteiger partial charge in [0.1, 0.15) is 11.2 Å². The second-order valence-corrected chi connectivity index (χ2v) is 9.06. The van der Waals surface area contributed by atoms with Gasteiger partial charge in [-0.15, -0.1) is 5.10 Å². The number of aromatic nitrogens is 5. The molecule has 1 saturated carbocycles. The van der Waals surface area contributed by atoms with Gasteiger partial charge < -0.3 is 15.2 Å². The molecule has 34 heavy (non-hydrogen) atoms. The smallest absolute Gasteiger partial charge is 0.293 e. The maximum atomic E-state index is 14.6.